The van der Waals surface area contributed by atoms with Crippen LogP contribution in [0.25, 0.3) is 22.2 Å². The molecule has 0 saturated carbocycles. The molecule has 3 aromatic heterocycles. The van der Waals surface area contributed by atoms with Crippen molar-refractivity contribution in [2.45, 2.75) is 20.4 Å². The lowest BCUT2D eigenvalue weighted by Gasteiger charge is -2.09. The molecule has 3 heterocycles. The maximum Gasteiger partial charge on any atom is 0.256 e. The monoisotopic (exact) mass is 436 g/mol. The Labute approximate surface area is 191 Å². The standard InChI is InChI=1S/C26H24N6O/c1-17-7-6-8-19(11-17)14-32-15-20(13-27-32)28-26(33)22-12-25(23-16-31(3)30-18(23)2)29-24-10-5-4-9-21(22)24/h4-13,15-16H,14H2,1-3H3,(H,28,33). The van der Waals surface area contributed by atoms with Gasteiger partial charge in [-0.1, -0.05) is 48.0 Å². The molecule has 33 heavy (non-hydrogen) atoms. The van der Waals surface area contributed by atoms with Crippen molar-refractivity contribution in [3.8, 4) is 11.3 Å². The summed E-state index contributed by atoms with van der Waals surface area (Å²) in [6.07, 6.45) is 5.43. The van der Waals surface area contributed by atoms with Crippen molar-refractivity contribution in [1.29, 1.82) is 0 Å². The molecule has 5 rings (SSSR count). The highest BCUT2D eigenvalue weighted by Gasteiger charge is 2.17. The van der Waals surface area contributed by atoms with Crippen LogP contribution in [0.4, 0.5) is 5.69 Å². The van der Waals surface area contributed by atoms with Crippen LogP contribution in [0, 0.1) is 13.8 Å². The van der Waals surface area contributed by atoms with Gasteiger partial charge in [0, 0.05) is 30.4 Å². The zero-order chi connectivity index (χ0) is 22.9. The van der Waals surface area contributed by atoms with Crippen molar-refractivity contribution < 1.29 is 4.79 Å². The maximum absolute atomic E-state index is 13.3. The normalized spacial score (nSPS) is 11.1. The quantitative estimate of drug-likeness (QED) is 0.431. The highest BCUT2D eigenvalue weighted by molar-refractivity contribution is 6.13. The SMILES string of the molecule is Cc1cccc(Cn2cc(NC(=O)c3cc(-c4cn(C)nc4C)nc4ccccc34)cn2)c1. The van der Waals surface area contributed by atoms with Gasteiger partial charge in [0.05, 0.1) is 40.9 Å². The number of benzene rings is 2. The van der Waals surface area contributed by atoms with Gasteiger partial charge in [-0.2, -0.15) is 10.2 Å². The summed E-state index contributed by atoms with van der Waals surface area (Å²) in [5, 5.41) is 12.6. The summed E-state index contributed by atoms with van der Waals surface area (Å²) in [6, 6.07) is 17.8. The molecule has 7 nitrogen and oxygen atoms in total. The van der Waals surface area contributed by atoms with Gasteiger partial charge in [-0.15, -0.1) is 0 Å². The first kappa shape index (κ1) is 20.6. The maximum atomic E-state index is 13.3. The van der Waals surface area contributed by atoms with Crippen LogP contribution in [0.15, 0.2) is 73.2 Å². The van der Waals surface area contributed by atoms with Crippen molar-refractivity contribution in [3.63, 3.8) is 0 Å². The number of carbonyl (C=O) groups is 1. The Morgan fingerprint density at radius 3 is 2.67 bits per heavy atom. The molecular formula is C26H24N6O. The number of amides is 1. The molecule has 164 valence electrons. The number of carbonyl (C=O) groups excluding carboxylic acids is 1. The molecule has 1 N–H and O–H groups in total. The highest BCUT2D eigenvalue weighted by Crippen LogP contribution is 2.27. The van der Waals surface area contributed by atoms with E-state index in [1.165, 1.54) is 5.56 Å². The summed E-state index contributed by atoms with van der Waals surface area (Å²) < 4.78 is 3.57. The van der Waals surface area contributed by atoms with E-state index in [1.807, 2.05) is 67.4 Å². The fourth-order valence-electron chi connectivity index (χ4n) is 4.06. The molecule has 5 aromatic rings. The van der Waals surface area contributed by atoms with E-state index in [0.717, 1.165) is 33.4 Å². The Morgan fingerprint density at radius 1 is 1.03 bits per heavy atom. The van der Waals surface area contributed by atoms with E-state index in [2.05, 4.69) is 40.6 Å². The van der Waals surface area contributed by atoms with Crippen LogP contribution >= 0.6 is 0 Å². The molecule has 0 fully saturated rings. The third-order valence-corrected chi connectivity index (χ3v) is 5.57. The molecule has 0 unspecified atom stereocenters. The summed E-state index contributed by atoms with van der Waals surface area (Å²) in [5.74, 6) is -0.202. The fraction of sp³-hybridized carbons (Fsp3) is 0.154. The Kier molecular flexibility index (Phi) is 5.22. The van der Waals surface area contributed by atoms with Crippen molar-refractivity contribution in [2.75, 3.05) is 5.32 Å². The number of hydrogen-bond donors (Lipinski definition) is 1. The number of aryl methyl sites for hydroxylation is 3. The minimum absolute atomic E-state index is 0.202. The summed E-state index contributed by atoms with van der Waals surface area (Å²) in [5.41, 5.74) is 6.83. The average molecular weight is 437 g/mol. The molecule has 2 aromatic carbocycles. The van der Waals surface area contributed by atoms with E-state index in [1.54, 1.807) is 10.9 Å². The Balaban J connectivity index is 1.45. The Hall–Kier alpha value is -4.26. The molecule has 0 aliphatic rings. The minimum Gasteiger partial charge on any atom is -0.319 e. The lowest BCUT2D eigenvalue weighted by molar-refractivity contribution is 0.102. The molecule has 0 atom stereocenters. The van der Waals surface area contributed by atoms with E-state index < -0.39 is 0 Å². The van der Waals surface area contributed by atoms with Gasteiger partial charge in [-0.3, -0.25) is 14.2 Å². The first-order valence-electron chi connectivity index (χ1n) is 10.8. The second-order valence-electron chi connectivity index (χ2n) is 8.24. The van der Waals surface area contributed by atoms with Gasteiger partial charge in [0.1, 0.15) is 0 Å². The number of nitrogens with one attached hydrogen (secondary N) is 1. The molecule has 0 spiro atoms. The van der Waals surface area contributed by atoms with Crippen molar-refractivity contribution in [2.24, 2.45) is 7.05 Å². The van der Waals surface area contributed by atoms with Crippen LogP contribution in [0.2, 0.25) is 0 Å². The number of hydrogen-bond acceptors (Lipinski definition) is 4. The molecule has 0 saturated heterocycles. The van der Waals surface area contributed by atoms with E-state index in [9.17, 15) is 4.79 Å². The van der Waals surface area contributed by atoms with E-state index in [0.29, 0.717) is 17.8 Å². The summed E-state index contributed by atoms with van der Waals surface area (Å²) in [4.78, 5) is 18.1. The van der Waals surface area contributed by atoms with Gasteiger partial charge in [-0.25, -0.2) is 4.98 Å². The number of nitrogens with zero attached hydrogens (tertiary/aromatic N) is 5. The van der Waals surface area contributed by atoms with Crippen molar-refractivity contribution >= 4 is 22.5 Å². The number of para-hydroxylation sites is 1. The number of pyridine rings is 1. The smallest absolute Gasteiger partial charge is 0.256 e. The fourth-order valence-corrected chi connectivity index (χ4v) is 4.06. The van der Waals surface area contributed by atoms with Gasteiger partial charge < -0.3 is 5.32 Å². The molecule has 0 aliphatic carbocycles. The van der Waals surface area contributed by atoms with Crippen LogP contribution in [-0.4, -0.2) is 30.5 Å². The van der Waals surface area contributed by atoms with Crippen molar-refractivity contribution in [1.82, 2.24) is 24.5 Å². The largest absolute Gasteiger partial charge is 0.319 e. The summed E-state index contributed by atoms with van der Waals surface area (Å²) in [6.45, 7) is 4.65. The van der Waals surface area contributed by atoms with Crippen LogP contribution in [-0.2, 0) is 13.6 Å². The lowest BCUT2D eigenvalue weighted by Crippen LogP contribution is -2.13. The molecular weight excluding hydrogens is 412 g/mol. The zero-order valence-corrected chi connectivity index (χ0v) is 18.8. The number of rotatable bonds is 5. The van der Waals surface area contributed by atoms with Crippen LogP contribution < -0.4 is 5.32 Å². The number of anilines is 1. The average Bonchev–Trinajstić information content (AvgIpc) is 3.37. The molecule has 0 bridgehead atoms. The molecule has 7 heteroatoms. The highest BCUT2D eigenvalue weighted by atomic mass is 16.1. The first-order valence-corrected chi connectivity index (χ1v) is 10.8. The topological polar surface area (TPSA) is 77.6 Å². The Morgan fingerprint density at radius 2 is 1.88 bits per heavy atom. The third-order valence-electron chi connectivity index (χ3n) is 5.57. The van der Waals surface area contributed by atoms with Gasteiger partial charge >= 0.3 is 0 Å². The zero-order valence-electron chi connectivity index (χ0n) is 18.8. The van der Waals surface area contributed by atoms with E-state index >= 15 is 0 Å². The minimum atomic E-state index is -0.202. The van der Waals surface area contributed by atoms with Crippen LogP contribution in [0.5, 0.6) is 0 Å². The lowest BCUT2D eigenvalue weighted by atomic mass is 10.0. The number of fused-ring (bicyclic) bond motifs is 1. The van der Waals surface area contributed by atoms with Gasteiger partial charge in [0.15, 0.2) is 0 Å². The molecule has 0 aliphatic heterocycles. The second-order valence-corrected chi connectivity index (χ2v) is 8.24. The predicted octanol–water partition coefficient (Wildman–Crippen LogP) is 4.75. The first-order chi connectivity index (χ1) is 16.0. The Bertz CT molecular complexity index is 1480. The summed E-state index contributed by atoms with van der Waals surface area (Å²) in [7, 11) is 1.87. The molecule has 0 radical (unpaired) electrons. The van der Waals surface area contributed by atoms with Crippen LogP contribution in [0.1, 0.15) is 27.2 Å². The summed E-state index contributed by atoms with van der Waals surface area (Å²) >= 11 is 0. The van der Waals surface area contributed by atoms with Crippen molar-refractivity contribution in [3.05, 3.63) is 95.6 Å². The van der Waals surface area contributed by atoms with Crippen LogP contribution in [0.3, 0.4) is 0 Å². The number of aromatic nitrogens is 5. The molecule has 1 amide bonds. The second kappa shape index (κ2) is 8.35. The predicted molar refractivity (Wildman–Crippen MR) is 129 cm³/mol. The van der Waals surface area contributed by atoms with E-state index in [-0.39, 0.29) is 5.91 Å². The van der Waals surface area contributed by atoms with Gasteiger partial charge in [0.2, 0.25) is 0 Å². The van der Waals surface area contributed by atoms with E-state index in [4.69, 9.17) is 4.98 Å². The van der Waals surface area contributed by atoms with Gasteiger partial charge in [0.25, 0.3) is 5.91 Å². The third kappa shape index (κ3) is 4.25. The van der Waals surface area contributed by atoms with Gasteiger partial charge in [-0.05, 0) is 31.5 Å².